The average Bonchev–Trinajstić information content (AvgIpc) is 2.84. The largest absolute Gasteiger partial charge is 0.497 e. The molecule has 0 bridgehead atoms. The van der Waals surface area contributed by atoms with Crippen LogP contribution in [0.2, 0.25) is 0 Å². The number of amides is 1. The number of halogens is 1. The van der Waals surface area contributed by atoms with Gasteiger partial charge in [0.1, 0.15) is 17.0 Å². The van der Waals surface area contributed by atoms with E-state index in [2.05, 4.69) is 55.7 Å². The van der Waals surface area contributed by atoms with E-state index in [-0.39, 0.29) is 5.91 Å². The topological polar surface area (TPSA) is 110 Å². The summed E-state index contributed by atoms with van der Waals surface area (Å²) in [5, 5.41) is 9.81. The summed E-state index contributed by atoms with van der Waals surface area (Å²) in [6.45, 7) is 6.68. The Bertz CT molecular complexity index is 1180. The maximum Gasteiger partial charge on any atom is 0.225 e. The standard InChI is InChI=1S/C25H33BrN6O3/c1-6-7-10-25(3,15-29-16(2)33)32-23-22-20(11-18(26)14-27-22)30-24(31-23)28-13-17-8-9-19(34-4)12-21(17)35-5/h8-9,11-12,14H,6-7,10,13,15H2,1-5H3,(H,29,33)(H2,28,30,31,32)/t25-/m1/s1. The number of aromatic nitrogens is 3. The third kappa shape index (κ3) is 7.17. The van der Waals surface area contributed by atoms with Crippen molar-refractivity contribution in [3.8, 4) is 11.5 Å². The molecule has 188 valence electrons. The molecule has 35 heavy (non-hydrogen) atoms. The highest BCUT2D eigenvalue weighted by Crippen LogP contribution is 2.29. The van der Waals surface area contributed by atoms with E-state index in [0.29, 0.717) is 41.6 Å². The number of hydrogen-bond acceptors (Lipinski definition) is 8. The van der Waals surface area contributed by atoms with Gasteiger partial charge in [-0.15, -0.1) is 0 Å². The number of nitrogens with one attached hydrogen (secondary N) is 3. The Morgan fingerprint density at radius 1 is 1.17 bits per heavy atom. The number of ether oxygens (including phenoxy) is 2. The predicted molar refractivity (Wildman–Crippen MR) is 142 cm³/mol. The summed E-state index contributed by atoms with van der Waals surface area (Å²) < 4.78 is 11.6. The molecule has 0 fully saturated rings. The van der Waals surface area contributed by atoms with Gasteiger partial charge in [-0.25, -0.2) is 9.97 Å². The van der Waals surface area contributed by atoms with E-state index in [0.717, 1.165) is 35.0 Å². The molecular weight excluding hydrogens is 512 g/mol. The number of unbranched alkanes of at least 4 members (excludes halogenated alkanes) is 1. The van der Waals surface area contributed by atoms with Gasteiger partial charge in [0.05, 0.1) is 25.3 Å². The zero-order valence-corrected chi connectivity index (χ0v) is 22.5. The molecule has 0 saturated heterocycles. The lowest BCUT2D eigenvalue weighted by atomic mass is 9.94. The normalized spacial score (nSPS) is 12.6. The van der Waals surface area contributed by atoms with Crippen molar-refractivity contribution in [1.82, 2.24) is 20.3 Å². The first kappa shape index (κ1) is 26.5. The molecule has 2 aromatic heterocycles. The molecule has 3 aromatic rings. The molecule has 10 heteroatoms. The minimum Gasteiger partial charge on any atom is -0.497 e. The second-order valence-corrected chi connectivity index (χ2v) is 9.56. The maximum atomic E-state index is 11.6. The highest BCUT2D eigenvalue weighted by atomic mass is 79.9. The first-order valence-corrected chi connectivity index (χ1v) is 12.4. The van der Waals surface area contributed by atoms with Crippen molar-refractivity contribution in [2.75, 3.05) is 31.4 Å². The fourth-order valence-corrected chi connectivity index (χ4v) is 4.02. The predicted octanol–water partition coefficient (Wildman–Crippen LogP) is 4.91. The van der Waals surface area contributed by atoms with E-state index in [1.54, 1.807) is 20.4 Å². The second-order valence-electron chi connectivity index (χ2n) is 8.65. The Balaban J connectivity index is 1.94. The van der Waals surface area contributed by atoms with Gasteiger partial charge in [0.15, 0.2) is 5.82 Å². The molecule has 1 amide bonds. The Kier molecular flexibility index (Phi) is 9.08. The van der Waals surface area contributed by atoms with Crippen molar-refractivity contribution in [1.29, 1.82) is 0 Å². The maximum absolute atomic E-state index is 11.6. The average molecular weight is 545 g/mol. The Hall–Kier alpha value is -3.14. The summed E-state index contributed by atoms with van der Waals surface area (Å²) in [5.41, 5.74) is 1.89. The van der Waals surface area contributed by atoms with Crippen LogP contribution in [0.25, 0.3) is 11.0 Å². The second kappa shape index (κ2) is 12.0. The van der Waals surface area contributed by atoms with Crippen LogP contribution >= 0.6 is 15.9 Å². The Morgan fingerprint density at radius 3 is 2.66 bits per heavy atom. The lowest BCUT2D eigenvalue weighted by Gasteiger charge is -2.32. The summed E-state index contributed by atoms with van der Waals surface area (Å²) in [4.78, 5) is 25.6. The van der Waals surface area contributed by atoms with Gasteiger partial charge in [0.25, 0.3) is 0 Å². The summed E-state index contributed by atoms with van der Waals surface area (Å²) in [6.07, 6.45) is 4.64. The van der Waals surface area contributed by atoms with Gasteiger partial charge in [0, 0.05) is 42.3 Å². The van der Waals surface area contributed by atoms with Crippen molar-refractivity contribution in [3.05, 3.63) is 40.5 Å². The highest BCUT2D eigenvalue weighted by molar-refractivity contribution is 9.10. The van der Waals surface area contributed by atoms with Crippen LogP contribution in [-0.4, -0.2) is 47.2 Å². The third-order valence-electron chi connectivity index (χ3n) is 5.66. The molecule has 0 aliphatic rings. The minimum absolute atomic E-state index is 0.0695. The first-order valence-electron chi connectivity index (χ1n) is 11.6. The summed E-state index contributed by atoms with van der Waals surface area (Å²) in [7, 11) is 3.25. The first-order chi connectivity index (χ1) is 16.8. The smallest absolute Gasteiger partial charge is 0.225 e. The van der Waals surface area contributed by atoms with E-state index < -0.39 is 5.54 Å². The minimum atomic E-state index is -0.409. The molecule has 0 saturated carbocycles. The molecule has 0 radical (unpaired) electrons. The van der Waals surface area contributed by atoms with Crippen molar-refractivity contribution in [3.63, 3.8) is 0 Å². The molecule has 3 rings (SSSR count). The fraction of sp³-hybridized carbons (Fsp3) is 0.440. The zero-order chi connectivity index (χ0) is 25.4. The number of carbonyl (C=O) groups excluding carboxylic acids is 1. The van der Waals surface area contributed by atoms with Crippen LogP contribution < -0.4 is 25.4 Å². The number of methoxy groups -OCH3 is 2. The molecule has 1 atom stereocenters. The SMILES string of the molecule is CCCC[C@](C)(CNC(C)=O)Nc1nc(NCc2ccc(OC)cc2OC)nc2cc(Br)cnc12. The molecule has 0 aliphatic carbocycles. The molecule has 2 heterocycles. The van der Waals surface area contributed by atoms with Gasteiger partial charge in [-0.05, 0) is 47.5 Å². The Morgan fingerprint density at radius 2 is 1.97 bits per heavy atom. The van der Waals surface area contributed by atoms with Crippen molar-refractivity contribution < 1.29 is 14.3 Å². The van der Waals surface area contributed by atoms with Gasteiger partial charge in [-0.1, -0.05) is 19.8 Å². The van der Waals surface area contributed by atoms with Crippen LogP contribution in [0, 0.1) is 0 Å². The summed E-state index contributed by atoms with van der Waals surface area (Å²) in [6, 6.07) is 7.58. The number of hydrogen-bond donors (Lipinski definition) is 3. The molecule has 3 N–H and O–H groups in total. The van der Waals surface area contributed by atoms with Crippen LogP contribution in [0.1, 0.15) is 45.6 Å². The van der Waals surface area contributed by atoms with Crippen molar-refractivity contribution in [2.24, 2.45) is 0 Å². The third-order valence-corrected chi connectivity index (χ3v) is 6.10. The molecule has 0 aliphatic heterocycles. The summed E-state index contributed by atoms with van der Waals surface area (Å²) >= 11 is 3.49. The fourth-order valence-electron chi connectivity index (χ4n) is 3.70. The van der Waals surface area contributed by atoms with Gasteiger partial charge in [-0.2, -0.15) is 4.98 Å². The molecule has 1 aromatic carbocycles. The lowest BCUT2D eigenvalue weighted by Crippen LogP contribution is -2.46. The molecular formula is C25H33BrN6O3. The van der Waals surface area contributed by atoms with Crippen LogP contribution in [0.3, 0.4) is 0 Å². The number of carbonyl (C=O) groups is 1. The van der Waals surface area contributed by atoms with Gasteiger partial charge in [-0.3, -0.25) is 4.79 Å². The number of rotatable bonds is 12. The molecule has 0 unspecified atom stereocenters. The highest BCUT2D eigenvalue weighted by Gasteiger charge is 2.26. The molecule has 0 spiro atoms. The number of nitrogens with zero attached hydrogens (tertiary/aromatic N) is 3. The van der Waals surface area contributed by atoms with Gasteiger partial charge < -0.3 is 25.4 Å². The van der Waals surface area contributed by atoms with Gasteiger partial charge in [0.2, 0.25) is 11.9 Å². The van der Waals surface area contributed by atoms with E-state index in [9.17, 15) is 4.79 Å². The lowest BCUT2D eigenvalue weighted by molar-refractivity contribution is -0.119. The monoisotopic (exact) mass is 544 g/mol. The number of pyridine rings is 1. The van der Waals surface area contributed by atoms with Crippen molar-refractivity contribution in [2.45, 2.75) is 52.1 Å². The zero-order valence-electron chi connectivity index (χ0n) is 20.9. The van der Waals surface area contributed by atoms with E-state index in [1.807, 2.05) is 24.3 Å². The number of fused-ring (bicyclic) bond motifs is 1. The van der Waals surface area contributed by atoms with Crippen LogP contribution in [-0.2, 0) is 11.3 Å². The number of anilines is 2. The quantitative estimate of drug-likeness (QED) is 0.295. The summed E-state index contributed by atoms with van der Waals surface area (Å²) in [5.74, 6) is 2.43. The molecule has 9 nitrogen and oxygen atoms in total. The van der Waals surface area contributed by atoms with Crippen molar-refractivity contribution >= 4 is 44.6 Å². The van der Waals surface area contributed by atoms with Gasteiger partial charge >= 0.3 is 0 Å². The van der Waals surface area contributed by atoms with E-state index in [1.165, 1.54) is 6.92 Å². The van der Waals surface area contributed by atoms with E-state index >= 15 is 0 Å². The Labute approximate surface area is 214 Å². The van der Waals surface area contributed by atoms with E-state index in [4.69, 9.17) is 14.5 Å². The van der Waals surface area contributed by atoms with Crippen LogP contribution in [0.15, 0.2) is 34.9 Å². The van der Waals surface area contributed by atoms with Crippen LogP contribution in [0.4, 0.5) is 11.8 Å². The number of benzene rings is 1. The van der Waals surface area contributed by atoms with Crippen LogP contribution in [0.5, 0.6) is 11.5 Å².